The normalized spacial score (nSPS) is 10.8. The summed E-state index contributed by atoms with van der Waals surface area (Å²) in [5.41, 5.74) is 8.04. The summed E-state index contributed by atoms with van der Waals surface area (Å²) in [5.74, 6) is 1.15. The minimum absolute atomic E-state index is 0. The van der Waals surface area contributed by atoms with Crippen molar-refractivity contribution in [1.29, 1.82) is 0 Å². The van der Waals surface area contributed by atoms with Crippen molar-refractivity contribution in [2.24, 2.45) is 5.73 Å². The molecular weight excluding hydrogens is 353 g/mol. The van der Waals surface area contributed by atoms with Gasteiger partial charge < -0.3 is 11.1 Å². The third kappa shape index (κ3) is 8.23. The molecule has 1 aromatic carbocycles. The summed E-state index contributed by atoms with van der Waals surface area (Å²) in [7, 11) is 0. The smallest absolute Gasteiger partial charge is 0.230 e. The van der Waals surface area contributed by atoms with E-state index in [-0.39, 0.29) is 36.8 Å². The Balaban J connectivity index is 0.00000242. The first-order valence-electron chi connectivity index (χ1n) is 6.80. The van der Waals surface area contributed by atoms with Gasteiger partial charge in [0.2, 0.25) is 5.91 Å². The Morgan fingerprint density at radius 1 is 1.13 bits per heavy atom. The van der Waals surface area contributed by atoms with Crippen LogP contribution in [0, 0.1) is 0 Å². The average molecular weight is 374 g/mol. The van der Waals surface area contributed by atoms with E-state index in [1.807, 2.05) is 48.5 Å². The number of nitrogens with zero attached hydrogens (tertiary/aromatic N) is 1. The lowest BCUT2D eigenvalue weighted by Crippen LogP contribution is -2.33. The van der Waals surface area contributed by atoms with Gasteiger partial charge in [0.25, 0.3) is 0 Å². The van der Waals surface area contributed by atoms with Crippen molar-refractivity contribution in [3.8, 4) is 0 Å². The van der Waals surface area contributed by atoms with Crippen LogP contribution in [0.3, 0.4) is 0 Å². The summed E-state index contributed by atoms with van der Waals surface area (Å²) in [6, 6.07) is 15.4. The Hall–Kier alpha value is -1.27. The minimum Gasteiger partial charge on any atom is -0.353 e. The number of hydrogen-bond acceptors (Lipinski definition) is 4. The Labute approximate surface area is 153 Å². The lowest BCUT2D eigenvalue weighted by molar-refractivity contribution is -0.118. The molecule has 1 unspecified atom stereocenters. The zero-order valence-corrected chi connectivity index (χ0v) is 15.0. The van der Waals surface area contributed by atoms with Crippen molar-refractivity contribution in [3.63, 3.8) is 0 Å². The van der Waals surface area contributed by atoms with Crippen LogP contribution >= 0.6 is 36.6 Å². The van der Waals surface area contributed by atoms with Crippen molar-refractivity contribution in [1.82, 2.24) is 10.3 Å². The molecule has 1 amide bonds. The van der Waals surface area contributed by atoms with Crippen LogP contribution in [0.2, 0.25) is 0 Å². The van der Waals surface area contributed by atoms with Crippen LogP contribution in [-0.4, -0.2) is 23.2 Å². The topological polar surface area (TPSA) is 68.0 Å². The van der Waals surface area contributed by atoms with E-state index in [0.29, 0.717) is 12.3 Å². The summed E-state index contributed by atoms with van der Waals surface area (Å²) in [6.45, 7) is 0.451. The van der Waals surface area contributed by atoms with E-state index < -0.39 is 0 Å². The zero-order valence-electron chi connectivity index (χ0n) is 12.6. The molecule has 126 valence electrons. The molecule has 0 spiro atoms. The zero-order chi connectivity index (χ0) is 14.9. The van der Waals surface area contributed by atoms with Crippen molar-refractivity contribution in [2.75, 3.05) is 12.3 Å². The molecule has 1 heterocycles. The molecule has 23 heavy (non-hydrogen) atoms. The average Bonchev–Trinajstić information content (AvgIpc) is 2.54. The second kappa shape index (κ2) is 12.2. The maximum absolute atomic E-state index is 11.8. The predicted molar refractivity (Wildman–Crippen MR) is 101 cm³/mol. The molecule has 4 nitrogen and oxygen atoms in total. The summed E-state index contributed by atoms with van der Waals surface area (Å²) in [4.78, 5) is 16.0. The second-order valence-corrected chi connectivity index (χ2v) is 5.62. The molecular formula is C16H21Cl2N3OS. The van der Waals surface area contributed by atoms with Gasteiger partial charge in [0.1, 0.15) is 0 Å². The van der Waals surface area contributed by atoms with Gasteiger partial charge in [-0.3, -0.25) is 9.78 Å². The molecule has 1 atom stereocenters. The van der Waals surface area contributed by atoms with Crippen LogP contribution in [0.5, 0.6) is 0 Å². The number of nitrogens with two attached hydrogens (primary N) is 1. The number of benzene rings is 1. The van der Waals surface area contributed by atoms with Crippen LogP contribution in [-0.2, 0) is 10.5 Å². The largest absolute Gasteiger partial charge is 0.353 e. The highest BCUT2D eigenvalue weighted by molar-refractivity contribution is 7.99. The van der Waals surface area contributed by atoms with Crippen LogP contribution in [0.1, 0.15) is 17.3 Å². The van der Waals surface area contributed by atoms with Gasteiger partial charge in [0.15, 0.2) is 0 Å². The standard InChI is InChI=1S/C16H19N3OS.2ClH/c17-15(13-6-2-1-3-7-13)10-19-16(20)12-21-11-14-8-4-5-9-18-14;;/h1-9,15H,10-12,17H2,(H,19,20);2*1H. The van der Waals surface area contributed by atoms with E-state index >= 15 is 0 Å². The third-order valence-electron chi connectivity index (χ3n) is 2.96. The van der Waals surface area contributed by atoms with Gasteiger partial charge in [-0.2, -0.15) is 0 Å². The number of aromatic nitrogens is 1. The highest BCUT2D eigenvalue weighted by Crippen LogP contribution is 2.10. The van der Waals surface area contributed by atoms with Gasteiger partial charge in [-0.1, -0.05) is 36.4 Å². The molecule has 0 aliphatic heterocycles. The molecule has 2 aromatic rings. The maximum Gasteiger partial charge on any atom is 0.230 e. The monoisotopic (exact) mass is 373 g/mol. The predicted octanol–water partition coefficient (Wildman–Crippen LogP) is 2.97. The molecule has 2 rings (SSSR count). The van der Waals surface area contributed by atoms with E-state index in [0.717, 1.165) is 17.0 Å². The SMILES string of the molecule is Cl.Cl.NC(CNC(=O)CSCc1ccccn1)c1ccccc1. The molecule has 7 heteroatoms. The second-order valence-electron chi connectivity index (χ2n) is 4.64. The third-order valence-corrected chi connectivity index (χ3v) is 3.92. The summed E-state index contributed by atoms with van der Waals surface area (Å²) < 4.78 is 0. The molecule has 0 saturated heterocycles. The first-order valence-corrected chi connectivity index (χ1v) is 7.96. The van der Waals surface area contributed by atoms with Crippen molar-refractivity contribution < 1.29 is 4.79 Å². The van der Waals surface area contributed by atoms with Gasteiger partial charge in [0, 0.05) is 24.5 Å². The Morgan fingerprint density at radius 2 is 1.83 bits per heavy atom. The number of nitrogens with one attached hydrogen (secondary N) is 1. The fraction of sp³-hybridized carbons (Fsp3) is 0.250. The molecule has 0 aliphatic carbocycles. The van der Waals surface area contributed by atoms with Gasteiger partial charge in [-0.25, -0.2) is 0 Å². The molecule has 0 bridgehead atoms. The van der Waals surface area contributed by atoms with Gasteiger partial charge in [-0.15, -0.1) is 36.6 Å². The highest BCUT2D eigenvalue weighted by atomic mass is 35.5. The highest BCUT2D eigenvalue weighted by Gasteiger charge is 2.08. The summed E-state index contributed by atoms with van der Waals surface area (Å²) >= 11 is 1.55. The van der Waals surface area contributed by atoms with E-state index in [1.165, 1.54) is 0 Å². The Morgan fingerprint density at radius 3 is 2.48 bits per heavy atom. The lowest BCUT2D eigenvalue weighted by Gasteiger charge is -2.13. The van der Waals surface area contributed by atoms with Gasteiger partial charge in [0.05, 0.1) is 11.4 Å². The molecule has 0 aliphatic rings. The number of halogens is 2. The Bertz CT molecular complexity index is 558. The fourth-order valence-electron chi connectivity index (χ4n) is 1.82. The Kier molecular flexibility index (Phi) is 11.5. The van der Waals surface area contributed by atoms with E-state index in [1.54, 1.807) is 18.0 Å². The first kappa shape index (κ1) is 21.7. The van der Waals surface area contributed by atoms with Gasteiger partial charge in [-0.05, 0) is 17.7 Å². The number of amides is 1. The summed E-state index contributed by atoms with van der Waals surface area (Å²) in [6.07, 6.45) is 1.76. The van der Waals surface area contributed by atoms with Crippen molar-refractivity contribution in [2.45, 2.75) is 11.8 Å². The van der Waals surface area contributed by atoms with E-state index in [4.69, 9.17) is 5.73 Å². The number of hydrogen-bond donors (Lipinski definition) is 2. The molecule has 3 N–H and O–H groups in total. The summed E-state index contributed by atoms with van der Waals surface area (Å²) in [5, 5.41) is 2.86. The number of rotatable bonds is 7. The molecule has 1 aromatic heterocycles. The van der Waals surface area contributed by atoms with Gasteiger partial charge >= 0.3 is 0 Å². The van der Waals surface area contributed by atoms with Crippen molar-refractivity contribution in [3.05, 3.63) is 66.0 Å². The lowest BCUT2D eigenvalue weighted by atomic mass is 10.1. The van der Waals surface area contributed by atoms with Crippen LogP contribution < -0.4 is 11.1 Å². The molecule has 0 saturated carbocycles. The number of carbonyl (C=O) groups excluding carboxylic acids is 1. The number of pyridine rings is 1. The van der Waals surface area contributed by atoms with Crippen LogP contribution in [0.25, 0.3) is 0 Å². The fourth-order valence-corrected chi connectivity index (χ4v) is 2.59. The van der Waals surface area contributed by atoms with E-state index in [2.05, 4.69) is 10.3 Å². The first-order chi connectivity index (χ1) is 10.3. The maximum atomic E-state index is 11.8. The minimum atomic E-state index is -0.170. The van der Waals surface area contributed by atoms with Crippen molar-refractivity contribution >= 4 is 42.5 Å². The molecule has 0 radical (unpaired) electrons. The number of carbonyl (C=O) groups is 1. The van der Waals surface area contributed by atoms with Crippen LogP contribution in [0.15, 0.2) is 54.7 Å². The molecule has 0 fully saturated rings. The quantitative estimate of drug-likeness (QED) is 0.782. The van der Waals surface area contributed by atoms with Crippen LogP contribution in [0.4, 0.5) is 0 Å². The number of thioether (sulfide) groups is 1. The van der Waals surface area contributed by atoms with E-state index in [9.17, 15) is 4.79 Å².